The monoisotopic (exact) mass is 1160 g/mol. The van der Waals surface area contributed by atoms with Gasteiger partial charge in [0.1, 0.15) is 11.5 Å². The summed E-state index contributed by atoms with van der Waals surface area (Å²) in [6.07, 6.45) is 0. The van der Waals surface area contributed by atoms with Crippen molar-refractivity contribution >= 4 is 87.9 Å². The second kappa shape index (κ2) is 21.8. The van der Waals surface area contributed by atoms with Crippen molar-refractivity contribution in [2.24, 2.45) is 0 Å². The average molecular weight is 1170 g/mol. The predicted molar refractivity (Wildman–Crippen MR) is 205 cm³/mol. The van der Waals surface area contributed by atoms with Crippen molar-refractivity contribution < 1.29 is 107 Å². The van der Waals surface area contributed by atoms with Gasteiger partial charge in [0.2, 0.25) is 5.77 Å². The molecule has 4 heterocycles. The fraction of sp³-hybridized carbons (Fsp3) is 0.0526. The molecule has 0 saturated carbocycles. The molecule has 4 aromatic carbocycles. The van der Waals surface area contributed by atoms with E-state index in [0.29, 0.717) is 21.4 Å². The molecule has 58 heavy (non-hydrogen) atoms. The van der Waals surface area contributed by atoms with E-state index in [-0.39, 0.29) is 71.2 Å². The summed E-state index contributed by atoms with van der Waals surface area (Å²) < 4.78 is 51.8. The molecule has 0 bridgehead atoms. The molecule has 0 fully saturated rings. The molecule has 8 aromatic rings. The lowest BCUT2D eigenvalue weighted by atomic mass is 10.2. The molecule has 0 radical (unpaired) electrons. The van der Waals surface area contributed by atoms with Crippen molar-refractivity contribution in [3.05, 3.63) is 144 Å². The molecule has 4 aromatic heterocycles. The third-order valence-corrected chi connectivity index (χ3v) is 17.4. The summed E-state index contributed by atoms with van der Waals surface area (Å²) in [5, 5.41) is 11.2. The highest BCUT2D eigenvalue weighted by Crippen LogP contribution is 2.30. The quantitative estimate of drug-likeness (QED) is 0.127. The molecule has 300 valence electrons. The number of fused-ring (bicyclic) bond motifs is 2. The predicted octanol–water partition coefficient (Wildman–Crippen LogP) is -4.26. The number of ether oxygens (including phenoxy) is 2. The Morgan fingerprint density at radius 3 is 1.31 bits per heavy atom. The number of thiazole rings is 2. The van der Waals surface area contributed by atoms with Gasteiger partial charge in [-0.25, -0.2) is 28.6 Å². The van der Waals surface area contributed by atoms with Crippen LogP contribution in [0.5, 0.6) is 11.5 Å². The summed E-state index contributed by atoms with van der Waals surface area (Å²) in [4.78, 5) is 33.9. The maximum atomic E-state index is 12.5. The van der Waals surface area contributed by atoms with Crippen molar-refractivity contribution in [2.45, 2.75) is 0 Å². The Morgan fingerprint density at radius 1 is 0.603 bits per heavy atom. The molecular formula is C38H28BrClI2N4O8S4. The minimum atomic E-state index is -4.94. The highest BCUT2D eigenvalue weighted by atomic mass is 127. The van der Waals surface area contributed by atoms with Crippen LogP contribution in [0.1, 0.15) is 20.7 Å². The van der Waals surface area contributed by atoms with Crippen LogP contribution in [0, 0.1) is 23.2 Å². The highest BCUT2D eigenvalue weighted by Gasteiger charge is 2.19. The van der Waals surface area contributed by atoms with Crippen LogP contribution in [0.25, 0.3) is 20.4 Å². The number of carbonyl (C=O) groups is 2. The van der Waals surface area contributed by atoms with Gasteiger partial charge in [0, 0.05) is 23.3 Å². The number of methoxy groups -OCH3 is 2. The van der Waals surface area contributed by atoms with Gasteiger partial charge in [0.05, 0.1) is 34.7 Å². The molecule has 0 atom stereocenters. The largest absolute Gasteiger partial charge is 1.00 e. The van der Waals surface area contributed by atoms with E-state index in [4.69, 9.17) is 28.1 Å². The van der Waals surface area contributed by atoms with Gasteiger partial charge in [-0.2, -0.15) is 0 Å². The van der Waals surface area contributed by atoms with Crippen molar-refractivity contribution in [1.82, 2.24) is 9.97 Å². The third-order valence-electron chi connectivity index (χ3n) is 7.22. The maximum absolute atomic E-state index is 12.5. The standard InChI is InChI=1S/2C19H13IN2O2S2.BrH.ClHO4/c2*1-24-14-8-9-15-16(11-14)26-19(21-15)22-18(23)12-4-6-13(7-5-12)20-17-3-2-10-25-17;;2-1(3,4)5/h2*2-11H,1H3;1H;(H,2,3,4,5). The summed E-state index contributed by atoms with van der Waals surface area (Å²) in [6.45, 7) is 0. The lowest BCUT2D eigenvalue weighted by Gasteiger charge is -2.17. The van der Waals surface area contributed by atoms with E-state index < -0.39 is 10.2 Å². The SMILES string of the molecule is COc1ccc2nc(NC(=O)c3ccc([I+]c4cccs4)cc3)sc2c1.COc1ccc2nc(NC(=O)c3ccc([I+]c4cccs4)cc3)sc2c1.[Br-].[O-][Cl+3]([O-])([O-])[O-]. The minimum Gasteiger partial charge on any atom is -1.00 e. The Balaban J connectivity index is 0.000000195. The Kier molecular flexibility index (Phi) is 17.2. The first-order valence-corrected chi connectivity index (χ1v) is 25.1. The Morgan fingerprint density at radius 2 is 0.983 bits per heavy atom. The van der Waals surface area contributed by atoms with Crippen LogP contribution in [0.4, 0.5) is 10.3 Å². The first-order chi connectivity index (χ1) is 27.4. The molecule has 12 nitrogen and oxygen atoms in total. The van der Waals surface area contributed by atoms with Crippen LogP contribution in [-0.2, 0) is 0 Å². The fourth-order valence-electron chi connectivity index (χ4n) is 4.68. The summed E-state index contributed by atoms with van der Waals surface area (Å²) in [7, 11) is -1.68. The van der Waals surface area contributed by atoms with Crippen LogP contribution < -0.4 is 98.1 Å². The van der Waals surface area contributed by atoms with Crippen molar-refractivity contribution in [3.63, 3.8) is 0 Å². The van der Waals surface area contributed by atoms with Gasteiger partial charge in [0.25, 0.3) is 11.8 Å². The Bertz CT molecular complexity index is 2380. The molecule has 0 aliphatic heterocycles. The van der Waals surface area contributed by atoms with E-state index in [9.17, 15) is 9.59 Å². The molecule has 20 heteroatoms. The number of anilines is 2. The molecule has 8 rings (SSSR count). The fourth-order valence-corrected chi connectivity index (χ4v) is 13.7. The molecule has 0 spiro atoms. The summed E-state index contributed by atoms with van der Waals surface area (Å²) in [6, 6.07) is 35.6. The Hall–Kier alpha value is -3.33. The lowest BCUT2D eigenvalue weighted by molar-refractivity contribution is -2.00. The smallest absolute Gasteiger partial charge is 0.369 e. The number of benzene rings is 4. The number of aromatic nitrogens is 2. The lowest BCUT2D eigenvalue weighted by Crippen LogP contribution is -3.61. The van der Waals surface area contributed by atoms with Gasteiger partial charge in [-0.3, -0.25) is 20.2 Å². The van der Waals surface area contributed by atoms with Crippen LogP contribution in [-0.4, -0.2) is 36.0 Å². The molecule has 0 unspecified atom stereocenters. The van der Waals surface area contributed by atoms with Gasteiger partial charge in [-0.15, -0.1) is 10.2 Å². The van der Waals surface area contributed by atoms with E-state index in [2.05, 4.69) is 55.6 Å². The number of nitrogens with one attached hydrogen (secondary N) is 2. The number of carbonyl (C=O) groups excluding carboxylic acids is 2. The van der Waals surface area contributed by atoms with Gasteiger partial charge >= 0.3 is 42.4 Å². The normalized spacial score (nSPS) is 10.7. The molecule has 0 aliphatic carbocycles. The van der Waals surface area contributed by atoms with Crippen LogP contribution in [0.15, 0.2) is 120 Å². The number of hydrogen-bond acceptors (Lipinski definition) is 14. The number of nitrogens with zero attached hydrogens (tertiary/aromatic N) is 2. The van der Waals surface area contributed by atoms with Crippen LogP contribution in [0.2, 0.25) is 0 Å². The third kappa shape index (κ3) is 13.9. The minimum absolute atomic E-state index is 0. The van der Waals surface area contributed by atoms with Crippen LogP contribution in [0.3, 0.4) is 0 Å². The first-order valence-electron chi connectivity index (χ1n) is 16.1. The van der Waals surface area contributed by atoms with E-state index in [1.54, 1.807) is 36.9 Å². The zero-order chi connectivity index (χ0) is 40.4. The number of amides is 2. The zero-order valence-corrected chi connectivity index (χ0v) is 39.8. The number of halogens is 4. The van der Waals surface area contributed by atoms with E-state index >= 15 is 0 Å². The van der Waals surface area contributed by atoms with Crippen molar-refractivity contribution in [1.29, 1.82) is 0 Å². The first kappa shape index (κ1) is 45.7. The molecule has 2 N–H and O–H groups in total. The number of thiophene rings is 2. The average Bonchev–Trinajstić information content (AvgIpc) is 4.03. The number of hydrogen-bond donors (Lipinski definition) is 2. The van der Waals surface area contributed by atoms with Gasteiger partial charge in [-0.05, 0) is 108 Å². The summed E-state index contributed by atoms with van der Waals surface area (Å²) >= 11 is 6.12. The van der Waals surface area contributed by atoms with Gasteiger partial charge in [0.15, 0.2) is 17.4 Å². The van der Waals surface area contributed by atoms with E-state index in [1.807, 2.05) is 84.9 Å². The topological polar surface area (TPSA) is 195 Å². The molecular weight excluding hydrogens is 1140 g/mol. The highest BCUT2D eigenvalue weighted by molar-refractivity contribution is 7.22. The maximum Gasteiger partial charge on any atom is 0.369 e. The van der Waals surface area contributed by atoms with E-state index in [1.165, 1.54) is 35.6 Å². The van der Waals surface area contributed by atoms with Gasteiger partial charge < -0.3 is 26.5 Å². The molecule has 0 saturated heterocycles. The second-order valence-corrected chi connectivity index (χ2v) is 23.1. The van der Waals surface area contributed by atoms with Crippen molar-refractivity contribution in [3.8, 4) is 11.5 Å². The zero-order valence-electron chi connectivity index (χ0n) is 29.9. The van der Waals surface area contributed by atoms with Crippen LogP contribution >= 0.6 is 45.3 Å². The Labute approximate surface area is 381 Å². The summed E-state index contributed by atoms with van der Waals surface area (Å²) in [5.41, 5.74) is 2.98. The molecule has 2 amide bonds. The van der Waals surface area contributed by atoms with E-state index in [0.717, 1.165) is 31.9 Å². The number of rotatable bonds is 10. The molecule has 0 aliphatic rings. The summed E-state index contributed by atoms with van der Waals surface area (Å²) in [5.74, 6) is 1.28. The van der Waals surface area contributed by atoms with Gasteiger partial charge in [-0.1, -0.05) is 45.3 Å². The van der Waals surface area contributed by atoms with Crippen molar-refractivity contribution in [2.75, 3.05) is 24.9 Å². The second-order valence-electron chi connectivity index (χ2n) is 11.0.